The van der Waals surface area contributed by atoms with Crippen LogP contribution in [0.3, 0.4) is 0 Å². The number of nitriles is 1. The number of amides is 2. The molecule has 0 aliphatic rings. The lowest BCUT2D eigenvalue weighted by Gasteiger charge is -2.07. The second kappa shape index (κ2) is 5.60. The van der Waals surface area contributed by atoms with Crippen LogP contribution in [0, 0.1) is 11.3 Å². The summed E-state index contributed by atoms with van der Waals surface area (Å²) < 4.78 is 5.24. The van der Waals surface area contributed by atoms with Crippen LogP contribution in [0.15, 0.2) is 40.8 Å². The van der Waals surface area contributed by atoms with Gasteiger partial charge in [-0.15, -0.1) is 0 Å². The van der Waals surface area contributed by atoms with Crippen molar-refractivity contribution < 1.29 is 9.21 Å². The molecule has 2 amide bonds. The highest BCUT2D eigenvalue weighted by Crippen LogP contribution is 2.16. The molecule has 0 aliphatic heterocycles. The number of urea groups is 1. The molecule has 2 rings (SSSR count). The van der Waals surface area contributed by atoms with Gasteiger partial charge in [-0.3, -0.25) is 0 Å². The van der Waals surface area contributed by atoms with Crippen molar-refractivity contribution in [3.63, 3.8) is 0 Å². The molecule has 0 fully saturated rings. The summed E-state index contributed by atoms with van der Waals surface area (Å²) in [6.07, 6.45) is 0. The van der Waals surface area contributed by atoms with E-state index in [4.69, 9.17) is 15.4 Å². The average Bonchev–Trinajstić information content (AvgIpc) is 2.84. The zero-order chi connectivity index (χ0) is 13.7. The molecule has 0 saturated carbocycles. The Morgan fingerprint density at radius 1 is 1.32 bits per heavy atom. The number of nitrogens with one attached hydrogen (secondary N) is 2. The molecule has 0 radical (unpaired) electrons. The van der Waals surface area contributed by atoms with Crippen molar-refractivity contribution >= 4 is 17.4 Å². The minimum atomic E-state index is -0.609. The number of hydrogen-bond acceptors (Lipinski definition) is 4. The number of primary amides is 1. The van der Waals surface area contributed by atoms with Crippen LogP contribution in [0.5, 0.6) is 0 Å². The standard InChI is InChI=1S/C13H12N4O2/c14-7-11-4-5-12(19-11)8-16-9-2-1-3-10(6-9)17-13(15)18/h1-6,16H,8H2,(H3,15,17,18). The molecule has 6 nitrogen and oxygen atoms in total. The van der Waals surface area contributed by atoms with E-state index in [9.17, 15) is 4.79 Å². The first-order valence-corrected chi connectivity index (χ1v) is 5.56. The van der Waals surface area contributed by atoms with Gasteiger partial charge in [-0.05, 0) is 30.3 Å². The van der Waals surface area contributed by atoms with Gasteiger partial charge in [-0.25, -0.2) is 4.79 Å². The molecule has 0 unspecified atom stereocenters. The van der Waals surface area contributed by atoms with Crippen molar-refractivity contribution in [1.82, 2.24) is 0 Å². The van der Waals surface area contributed by atoms with Crippen molar-refractivity contribution in [2.45, 2.75) is 6.54 Å². The van der Waals surface area contributed by atoms with Crippen molar-refractivity contribution in [2.75, 3.05) is 10.6 Å². The average molecular weight is 256 g/mol. The Bertz CT molecular complexity index is 628. The summed E-state index contributed by atoms with van der Waals surface area (Å²) in [4.78, 5) is 10.7. The Morgan fingerprint density at radius 3 is 2.79 bits per heavy atom. The monoisotopic (exact) mass is 256 g/mol. The number of rotatable bonds is 4. The van der Waals surface area contributed by atoms with Crippen LogP contribution in [0.2, 0.25) is 0 Å². The van der Waals surface area contributed by atoms with E-state index in [0.717, 1.165) is 5.69 Å². The third-order valence-electron chi connectivity index (χ3n) is 2.37. The van der Waals surface area contributed by atoms with E-state index in [2.05, 4.69) is 10.6 Å². The van der Waals surface area contributed by atoms with Gasteiger partial charge < -0.3 is 20.8 Å². The highest BCUT2D eigenvalue weighted by Gasteiger charge is 2.02. The molecule has 1 aromatic heterocycles. The third-order valence-corrected chi connectivity index (χ3v) is 2.37. The molecule has 0 spiro atoms. The SMILES string of the molecule is N#Cc1ccc(CNc2cccc(NC(N)=O)c2)o1. The quantitative estimate of drug-likeness (QED) is 0.780. The predicted molar refractivity (Wildman–Crippen MR) is 70.4 cm³/mol. The van der Waals surface area contributed by atoms with Gasteiger partial charge in [0, 0.05) is 11.4 Å². The number of carbonyl (C=O) groups is 1. The van der Waals surface area contributed by atoms with E-state index >= 15 is 0 Å². The van der Waals surface area contributed by atoms with Crippen molar-refractivity contribution in [3.05, 3.63) is 47.9 Å². The fraction of sp³-hybridized carbons (Fsp3) is 0.0769. The van der Waals surface area contributed by atoms with E-state index in [-0.39, 0.29) is 5.76 Å². The second-order valence-electron chi connectivity index (χ2n) is 3.80. The van der Waals surface area contributed by atoms with E-state index in [1.54, 1.807) is 30.3 Å². The van der Waals surface area contributed by atoms with Gasteiger partial charge in [0.05, 0.1) is 6.54 Å². The molecule has 0 bridgehead atoms. The van der Waals surface area contributed by atoms with Crippen LogP contribution in [0.25, 0.3) is 0 Å². The Kier molecular flexibility index (Phi) is 3.69. The Hall–Kier alpha value is -2.94. The smallest absolute Gasteiger partial charge is 0.316 e. The maximum absolute atomic E-state index is 10.7. The van der Waals surface area contributed by atoms with Crippen LogP contribution in [0.4, 0.5) is 16.2 Å². The van der Waals surface area contributed by atoms with Gasteiger partial charge in [0.15, 0.2) is 0 Å². The number of nitrogens with two attached hydrogens (primary N) is 1. The molecule has 2 aromatic rings. The van der Waals surface area contributed by atoms with Crippen LogP contribution >= 0.6 is 0 Å². The number of nitrogens with zero attached hydrogens (tertiary/aromatic N) is 1. The molecule has 1 heterocycles. The lowest BCUT2D eigenvalue weighted by molar-refractivity contribution is 0.259. The topological polar surface area (TPSA) is 104 Å². The molecular weight excluding hydrogens is 244 g/mol. The van der Waals surface area contributed by atoms with Gasteiger partial charge in [0.2, 0.25) is 5.76 Å². The first-order valence-electron chi connectivity index (χ1n) is 5.56. The summed E-state index contributed by atoms with van der Waals surface area (Å²) >= 11 is 0. The second-order valence-corrected chi connectivity index (χ2v) is 3.80. The highest BCUT2D eigenvalue weighted by molar-refractivity contribution is 5.88. The van der Waals surface area contributed by atoms with Gasteiger partial charge in [0.25, 0.3) is 0 Å². The zero-order valence-electron chi connectivity index (χ0n) is 10.0. The maximum Gasteiger partial charge on any atom is 0.316 e. The van der Waals surface area contributed by atoms with Gasteiger partial charge in [-0.1, -0.05) is 6.07 Å². The minimum absolute atomic E-state index is 0.279. The normalized spacial score (nSPS) is 9.63. The first-order chi connectivity index (χ1) is 9.17. The van der Waals surface area contributed by atoms with Crippen LogP contribution in [-0.4, -0.2) is 6.03 Å². The predicted octanol–water partition coefficient (Wildman–Crippen LogP) is 2.25. The molecule has 96 valence electrons. The van der Waals surface area contributed by atoms with Crippen molar-refractivity contribution in [3.8, 4) is 6.07 Å². The Balaban J connectivity index is 1.99. The Morgan fingerprint density at radius 2 is 2.11 bits per heavy atom. The third kappa shape index (κ3) is 3.51. The summed E-state index contributed by atoms with van der Waals surface area (Å²) in [5, 5.41) is 14.2. The largest absolute Gasteiger partial charge is 0.449 e. The van der Waals surface area contributed by atoms with E-state index in [1.807, 2.05) is 12.1 Å². The summed E-state index contributed by atoms with van der Waals surface area (Å²) in [6.45, 7) is 0.446. The molecule has 1 aromatic carbocycles. The van der Waals surface area contributed by atoms with Crippen LogP contribution < -0.4 is 16.4 Å². The molecule has 6 heteroatoms. The molecule has 19 heavy (non-hydrogen) atoms. The van der Waals surface area contributed by atoms with E-state index < -0.39 is 6.03 Å². The number of carbonyl (C=O) groups excluding carboxylic acids is 1. The molecule has 0 aliphatic carbocycles. The van der Waals surface area contributed by atoms with Crippen LogP contribution in [-0.2, 0) is 6.54 Å². The zero-order valence-corrected chi connectivity index (χ0v) is 10.0. The summed E-state index contributed by atoms with van der Waals surface area (Å²) in [6, 6.07) is 11.8. The van der Waals surface area contributed by atoms with Gasteiger partial charge in [0.1, 0.15) is 11.8 Å². The van der Waals surface area contributed by atoms with Crippen molar-refractivity contribution in [1.29, 1.82) is 5.26 Å². The fourth-order valence-corrected chi connectivity index (χ4v) is 1.57. The summed E-state index contributed by atoms with van der Waals surface area (Å²) in [5.41, 5.74) is 6.45. The molecular formula is C13H12N4O2. The molecule has 4 N–H and O–H groups in total. The number of anilines is 2. The highest BCUT2D eigenvalue weighted by atomic mass is 16.3. The minimum Gasteiger partial charge on any atom is -0.449 e. The number of benzene rings is 1. The van der Waals surface area contributed by atoms with E-state index in [1.165, 1.54) is 0 Å². The van der Waals surface area contributed by atoms with Gasteiger partial charge in [-0.2, -0.15) is 5.26 Å². The first kappa shape index (κ1) is 12.5. The summed E-state index contributed by atoms with van der Waals surface area (Å²) in [7, 11) is 0. The lowest BCUT2D eigenvalue weighted by atomic mass is 10.2. The molecule has 0 atom stereocenters. The van der Waals surface area contributed by atoms with E-state index in [0.29, 0.717) is 18.0 Å². The van der Waals surface area contributed by atoms with Gasteiger partial charge >= 0.3 is 6.03 Å². The Labute approximate surface area is 109 Å². The lowest BCUT2D eigenvalue weighted by Crippen LogP contribution is -2.19. The maximum atomic E-state index is 10.7. The number of hydrogen-bond donors (Lipinski definition) is 3. The van der Waals surface area contributed by atoms with Crippen LogP contribution in [0.1, 0.15) is 11.5 Å². The molecule has 0 saturated heterocycles. The fourth-order valence-electron chi connectivity index (χ4n) is 1.57. The summed E-state index contributed by atoms with van der Waals surface area (Å²) in [5.74, 6) is 0.936. The van der Waals surface area contributed by atoms with Crippen molar-refractivity contribution in [2.24, 2.45) is 5.73 Å². The number of furan rings is 1.